The normalized spacial score (nSPS) is 17.8. The van der Waals surface area contributed by atoms with E-state index in [9.17, 15) is 14.7 Å². The van der Waals surface area contributed by atoms with Crippen molar-refractivity contribution in [1.82, 2.24) is 9.55 Å². The summed E-state index contributed by atoms with van der Waals surface area (Å²) in [5, 5.41) is 13.8. The van der Waals surface area contributed by atoms with Gasteiger partial charge in [0, 0.05) is 10.5 Å². The van der Waals surface area contributed by atoms with Crippen molar-refractivity contribution in [3.05, 3.63) is 56.2 Å². The number of rotatable bonds is 4. The fourth-order valence-corrected chi connectivity index (χ4v) is 3.27. The van der Waals surface area contributed by atoms with E-state index in [1.54, 1.807) is 6.92 Å². The van der Waals surface area contributed by atoms with Crippen molar-refractivity contribution in [2.24, 2.45) is 5.10 Å². The van der Waals surface area contributed by atoms with Crippen LogP contribution < -0.4 is 11.0 Å². The number of hydrogen-bond donors (Lipinski definition) is 2. The molecule has 2 heterocycles. The number of halogens is 1. The topological polar surface area (TPSA) is 96.6 Å². The number of hydrazone groups is 1. The van der Waals surface area contributed by atoms with Crippen molar-refractivity contribution in [3.8, 4) is 0 Å². The standard InChI is InChI=1S/C18H19BrN4O3/c1-3-13-15(18(25)26)17(24)23-10(2)4-9-14(16(23)20-13)22-21-12-7-5-11(19)6-8-12/h5-8,10,21H,3-4,9H2,1-2H3,(H,25,26). The molecule has 0 spiro atoms. The number of benzene rings is 1. The lowest BCUT2D eigenvalue weighted by Crippen LogP contribution is -2.38. The van der Waals surface area contributed by atoms with Crippen LogP contribution in [0, 0.1) is 0 Å². The first-order valence-electron chi connectivity index (χ1n) is 8.39. The van der Waals surface area contributed by atoms with Crippen molar-refractivity contribution >= 4 is 33.3 Å². The molecule has 1 atom stereocenters. The van der Waals surface area contributed by atoms with Crippen LogP contribution in [0.15, 0.2) is 38.6 Å². The second-order valence-corrected chi connectivity index (χ2v) is 7.07. The molecule has 1 aromatic heterocycles. The Morgan fingerprint density at radius 1 is 1.42 bits per heavy atom. The highest BCUT2D eigenvalue weighted by atomic mass is 79.9. The van der Waals surface area contributed by atoms with Gasteiger partial charge in [0.1, 0.15) is 11.3 Å². The van der Waals surface area contributed by atoms with E-state index >= 15 is 0 Å². The van der Waals surface area contributed by atoms with Gasteiger partial charge in [-0.15, -0.1) is 0 Å². The van der Waals surface area contributed by atoms with Crippen LogP contribution in [0.25, 0.3) is 0 Å². The molecule has 136 valence electrons. The van der Waals surface area contributed by atoms with Gasteiger partial charge in [0.05, 0.1) is 11.4 Å². The number of anilines is 1. The summed E-state index contributed by atoms with van der Waals surface area (Å²) in [6, 6.07) is 7.43. The molecule has 3 rings (SSSR count). The highest BCUT2D eigenvalue weighted by Gasteiger charge is 2.29. The van der Waals surface area contributed by atoms with E-state index < -0.39 is 11.5 Å². The van der Waals surface area contributed by atoms with Crippen LogP contribution >= 0.6 is 15.9 Å². The van der Waals surface area contributed by atoms with E-state index in [2.05, 4.69) is 31.4 Å². The van der Waals surface area contributed by atoms with Gasteiger partial charge >= 0.3 is 5.97 Å². The highest BCUT2D eigenvalue weighted by molar-refractivity contribution is 9.10. The molecule has 2 aromatic rings. The number of aromatic nitrogens is 2. The monoisotopic (exact) mass is 418 g/mol. The molecular weight excluding hydrogens is 400 g/mol. The smallest absolute Gasteiger partial charge is 0.343 e. The molecule has 26 heavy (non-hydrogen) atoms. The molecule has 0 amide bonds. The van der Waals surface area contributed by atoms with Gasteiger partial charge in [-0.1, -0.05) is 22.9 Å². The average molecular weight is 419 g/mol. The number of carboxylic acid groups (broad SMARTS) is 1. The largest absolute Gasteiger partial charge is 0.477 e. The molecule has 0 saturated carbocycles. The second-order valence-electron chi connectivity index (χ2n) is 6.16. The number of hydrogen-bond acceptors (Lipinski definition) is 5. The zero-order valence-corrected chi connectivity index (χ0v) is 16.1. The van der Waals surface area contributed by atoms with Crippen molar-refractivity contribution in [2.45, 2.75) is 39.2 Å². The van der Waals surface area contributed by atoms with Crippen LogP contribution in [0.3, 0.4) is 0 Å². The first-order chi connectivity index (χ1) is 12.4. The minimum atomic E-state index is -1.24. The molecule has 1 unspecified atom stereocenters. The van der Waals surface area contributed by atoms with E-state index in [4.69, 9.17) is 0 Å². The number of nitrogens with zero attached hydrogens (tertiary/aromatic N) is 3. The lowest BCUT2D eigenvalue weighted by atomic mass is 10.0. The minimum absolute atomic E-state index is 0.124. The Labute approximate surface area is 158 Å². The van der Waals surface area contributed by atoms with Gasteiger partial charge in [-0.25, -0.2) is 9.78 Å². The van der Waals surface area contributed by atoms with E-state index in [0.29, 0.717) is 36.5 Å². The number of carbonyl (C=O) groups is 1. The Hall–Kier alpha value is -2.48. The summed E-state index contributed by atoms with van der Waals surface area (Å²) >= 11 is 3.38. The van der Waals surface area contributed by atoms with Crippen LogP contribution in [0.5, 0.6) is 0 Å². The SMILES string of the molecule is CCc1nc2n(c(=O)c1C(=O)O)C(C)CCC2=NNc1ccc(Br)cc1. The molecule has 0 fully saturated rings. The van der Waals surface area contributed by atoms with Gasteiger partial charge in [0.15, 0.2) is 5.82 Å². The van der Waals surface area contributed by atoms with E-state index in [1.807, 2.05) is 31.2 Å². The molecule has 8 heteroatoms. The maximum absolute atomic E-state index is 12.8. The van der Waals surface area contributed by atoms with Gasteiger partial charge in [-0.2, -0.15) is 5.10 Å². The number of aromatic carboxylic acids is 1. The quantitative estimate of drug-likeness (QED) is 0.741. The second kappa shape index (κ2) is 7.41. The van der Waals surface area contributed by atoms with Crippen LogP contribution in [0.2, 0.25) is 0 Å². The maximum atomic E-state index is 12.8. The number of carboxylic acids is 1. The lowest BCUT2D eigenvalue weighted by Gasteiger charge is -2.26. The predicted molar refractivity (Wildman–Crippen MR) is 103 cm³/mol. The van der Waals surface area contributed by atoms with Gasteiger partial charge in [-0.3, -0.25) is 14.8 Å². The third kappa shape index (κ3) is 3.41. The Morgan fingerprint density at radius 2 is 2.12 bits per heavy atom. The average Bonchev–Trinajstić information content (AvgIpc) is 2.61. The number of aryl methyl sites for hydroxylation is 1. The molecule has 0 saturated heterocycles. The highest BCUT2D eigenvalue weighted by Crippen LogP contribution is 2.23. The Bertz CT molecular complexity index is 935. The van der Waals surface area contributed by atoms with Gasteiger partial charge in [-0.05, 0) is 50.5 Å². The van der Waals surface area contributed by atoms with Crippen LogP contribution in [-0.2, 0) is 6.42 Å². The third-order valence-corrected chi connectivity index (χ3v) is 4.93. The van der Waals surface area contributed by atoms with Crippen molar-refractivity contribution in [2.75, 3.05) is 5.43 Å². The van der Waals surface area contributed by atoms with E-state index in [0.717, 1.165) is 10.2 Å². The van der Waals surface area contributed by atoms with Gasteiger partial charge < -0.3 is 5.11 Å². The summed E-state index contributed by atoms with van der Waals surface area (Å²) in [4.78, 5) is 28.8. The maximum Gasteiger partial charge on any atom is 0.343 e. The summed E-state index contributed by atoms with van der Waals surface area (Å²) in [6.07, 6.45) is 1.72. The van der Waals surface area contributed by atoms with Gasteiger partial charge in [0.25, 0.3) is 5.56 Å². The summed E-state index contributed by atoms with van der Waals surface area (Å²) in [6.45, 7) is 3.68. The molecule has 1 aliphatic heterocycles. The molecule has 0 aliphatic carbocycles. The Balaban J connectivity index is 2.07. The first-order valence-corrected chi connectivity index (χ1v) is 9.18. The molecule has 7 nitrogen and oxygen atoms in total. The van der Waals surface area contributed by atoms with Crippen molar-refractivity contribution in [3.63, 3.8) is 0 Å². The fraction of sp³-hybridized carbons (Fsp3) is 0.333. The molecule has 1 aromatic carbocycles. The number of fused-ring (bicyclic) bond motifs is 1. The predicted octanol–water partition coefficient (Wildman–Crippen LogP) is 3.44. The molecule has 1 aliphatic rings. The van der Waals surface area contributed by atoms with Crippen molar-refractivity contribution < 1.29 is 9.90 Å². The first kappa shape index (κ1) is 18.3. The van der Waals surface area contributed by atoms with Crippen LogP contribution in [-0.4, -0.2) is 26.3 Å². The fourth-order valence-electron chi connectivity index (χ4n) is 3.01. The van der Waals surface area contributed by atoms with E-state index in [1.165, 1.54) is 4.57 Å². The van der Waals surface area contributed by atoms with Crippen molar-refractivity contribution in [1.29, 1.82) is 0 Å². The Morgan fingerprint density at radius 3 is 2.73 bits per heavy atom. The zero-order valence-electron chi connectivity index (χ0n) is 14.5. The van der Waals surface area contributed by atoms with Gasteiger partial charge in [0.2, 0.25) is 0 Å². The Kier molecular flexibility index (Phi) is 5.22. The third-order valence-electron chi connectivity index (χ3n) is 4.40. The summed E-state index contributed by atoms with van der Waals surface area (Å²) < 4.78 is 2.42. The minimum Gasteiger partial charge on any atom is -0.477 e. The summed E-state index contributed by atoms with van der Waals surface area (Å²) in [7, 11) is 0. The molecule has 0 bridgehead atoms. The molecule has 2 N–H and O–H groups in total. The summed E-state index contributed by atoms with van der Waals surface area (Å²) in [5.74, 6) is -0.792. The summed E-state index contributed by atoms with van der Waals surface area (Å²) in [5.41, 5.74) is 3.98. The van der Waals surface area contributed by atoms with E-state index in [-0.39, 0.29) is 11.6 Å². The molecule has 0 radical (unpaired) electrons. The molecular formula is C18H19BrN4O3. The van der Waals surface area contributed by atoms with Crippen LogP contribution in [0.4, 0.5) is 5.69 Å². The zero-order chi connectivity index (χ0) is 18.8. The lowest BCUT2D eigenvalue weighted by molar-refractivity contribution is 0.0692. The van der Waals surface area contributed by atoms with Crippen LogP contribution in [0.1, 0.15) is 54.6 Å². The number of nitrogens with one attached hydrogen (secondary N) is 1.